The summed E-state index contributed by atoms with van der Waals surface area (Å²) in [7, 11) is 0. The van der Waals surface area contributed by atoms with Gasteiger partial charge in [0, 0.05) is 36.4 Å². The maximum Gasteiger partial charge on any atom is 0.265 e. The molecular formula is C28H40N6O3S. The third-order valence-electron chi connectivity index (χ3n) is 7.00. The Balaban J connectivity index is 1.59. The summed E-state index contributed by atoms with van der Waals surface area (Å²) in [6.45, 7) is 12.2. The molecular weight excluding hydrogens is 500 g/mol. The van der Waals surface area contributed by atoms with Gasteiger partial charge in [-0.05, 0) is 84.3 Å². The molecule has 0 aromatic heterocycles. The van der Waals surface area contributed by atoms with Crippen molar-refractivity contribution in [3.05, 3.63) is 40.4 Å². The molecule has 0 bridgehead atoms. The molecule has 2 heterocycles. The molecule has 3 N–H and O–H groups in total. The van der Waals surface area contributed by atoms with Gasteiger partial charge in [-0.25, -0.2) is 0 Å². The highest BCUT2D eigenvalue weighted by Gasteiger charge is 2.39. The van der Waals surface area contributed by atoms with Gasteiger partial charge in [0.25, 0.3) is 11.8 Å². The number of carbonyl (C=O) groups excluding carboxylic acids is 3. The van der Waals surface area contributed by atoms with Crippen molar-refractivity contribution in [3.63, 3.8) is 0 Å². The first-order valence-corrected chi connectivity index (χ1v) is 14.4. The number of amides is 3. The van der Waals surface area contributed by atoms with E-state index in [-0.39, 0.29) is 17.4 Å². The second kappa shape index (κ2) is 13.7. The highest BCUT2D eigenvalue weighted by atomic mass is 32.2. The maximum absolute atomic E-state index is 13.1. The van der Waals surface area contributed by atoms with Crippen LogP contribution in [0.25, 0.3) is 0 Å². The smallest absolute Gasteiger partial charge is 0.265 e. The number of thioether (sulfide) groups is 1. The van der Waals surface area contributed by atoms with E-state index < -0.39 is 16.7 Å². The Morgan fingerprint density at radius 1 is 1.21 bits per heavy atom. The fraction of sp³-hybridized carbons (Fsp3) is 0.571. The second-order valence-electron chi connectivity index (χ2n) is 10.3. The number of nitrogens with one attached hydrogen (secondary N) is 3. The largest absolute Gasteiger partial charge is 0.383 e. The average molecular weight is 541 g/mol. The van der Waals surface area contributed by atoms with Crippen LogP contribution >= 0.6 is 11.8 Å². The van der Waals surface area contributed by atoms with E-state index in [0.717, 1.165) is 31.7 Å². The molecule has 1 aromatic rings. The molecule has 1 atom stereocenters. The Labute approximate surface area is 230 Å². The van der Waals surface area contributed by atoms with Crippen LogP contribution in [0.15, 0.2) is 34.9 Å². The molecule has 38 heavy (non-hydrogen) atoms. The normalized spacial score (nSPS) is 19.3. The first kappa shape index (κ1) is 29.5. The lowest BCUT2D eigenvalue weighted by molar-refractivity contribution is -0.127. The fourth-order valence-electron chi connectivity index (χ4n) is 4.39. The first-order valence-electron chi connectivity index (χ1n) is 13.5. The molecule has 1 unspecified atom stereocenters. The van der Waals surface area contributed by atoms with Crippen molar-refractivity contribution in [1.82, 2.24) is 20.4 Å². The fourth-order valence-corrected chi connectivity index (χ4v) is 5.66. The molecule has 0 aliphatic carbocycles. The van der Waals surface area contributed by atoms with Crippen LogP contribution < -0.4 is 16.0 Å². The highest BCUT2D eigenvalue weighted by molar-refractivity contribution is 8.04. The number of benzene rings is 1. The van der Waals surface area contributed by atoms with Gasteiger partial charge in [0.2, 0.25) is 5.91 Å². The SMILES string of the molecule is CCN1C(=O)C(CNc2cccc(C(=O)NCCCN3CCCC3)c2)S/C1=C(/C#N)C(=O)NC(C)(C)CC. The van der Waals surface area contributed by atoms with Crippen LogP contribution in [0.1, 0.15) is 63.7 Å². The van der Waals surface area contributed by atoms with Gasteiger partial charge in [-0.2, -0.15) is 5.26 Å². The van der Waals surface area contributed by atoms with Gasteiger partial charge >= 0.3 is 0 Å². The Morgan fingerprint density at radius 3 is 2.61 bits per heavy atom. The van der Waals surface area contributed by atoms with Gasteiger partial charge in [0.15, 0.2) is 0 Å². The van der Waals surface area contributed by atoms with Crippen LogP contribution in [-0.2, 0) is 9.59 Å². The summed E-state index contributed by atoms with van der Waals surface area (Å²) >= 11 is 1.23. The van der Waals surface area contributed by atoms with E-state index in [1.54, 1.807) is 12.1 Å². The number of carbonyl (C=O) groups is 3. The third kappa shape index (κ3) is 7.74. The van der Waals surface area contributed by atoms with Crippen LogP contribution in [-0.4, -0.2) is 77.6 Å². The minimum Gasteiger partial charge on any atom is -0.383 e. The number of nitrogens with zero attached hydrogens (tertiary/aromatic N) is 3. The molecule has 3 rings (SSSR count). The van der Waals surface area contributed by atoms with E-state index in [1.807, 2.05) is 45.9 Å². The Kier molecular flexibility index (Phi) is 10.6. The molecule has 2 aliphatic heterocycles. The van der Waals surface area contributed by atoms with E-state index in [4.69, 9.17) is 0 Å². The Morgan fingerprint density at radius 2 is 1.95 bits per heavy atom. The molecule has 3 amide bonds. The number of likely N-dealkylation sites (tertiary alicyclic amines) is 1. The standard InChI is InChI=1S/C28H40N6O3S/c1-5-28(3,4)32-25(36)22(18-29)27-34(6-2)26(37)23(38-27)19-31-21-12-9-11-20(17-21)24(35)30-13-10-16-33-14-7-8-15-33/h9,11-12,17,23,31H,5-8,10,13-16,19H2,1-4H3,(H,30,35)(H,32,36)/b27-22-. The predicted molar refractivity (Wildman–Crippen MR) is 151 cm³/mol. The predicted octanol–water partition coefficient (Wildman–Crippen LogP) is 3.32. The van der Waals surface area contributed by atoms with Crippen LogP contribution in [0, 0.1) is 11.3 Å². The number of hydrogen-bond acceptors (Lipinski definition) is 7. The minimum absolute atomic E-state index is 0.0439. The number of anilines is 1. The first-order chi connectivity index (χ1) is 18.2. The zero-order valence-electron chi connectivity index (χ0n) is 22.9. The maximum atomic E-state index is 13.1. The monoisotopic (exact) mass is 540 g/mol. The third-order valence-corrected chi connectivity index (χ3v) is 8.30. The van der Waals surface area contributed by atoms with E-state index in [1.165, 1.54) is 29.5 Å². The van der Waals surface area contributed by atoms with Crippen molar-refractivity contribution >= 4 is 35.2 Å². The van der Waals surface area contributed by atoms with Gasteiger partial charge < -0.3 is 25.8 Å². The molecule has 2 fully saturated rings. The van der Waals surface area contributed by atoms with Gasteiger partial charge in [-0.15, -0.1) is 0 Å². The van der Waals surface area contributed by atoms with Crippen molar-refractivity contribution in [1.29, 1.82) is 5.26 Å². The quantitative estimate of drug-likeness (QED) is 0.211. The number of nitriles is 1. The van der Waals surface area contributed by atoms with Crippen molar-refractivity contribution in [2.45, 2.75) is 64.2 Å². The molecule has 0 saturated carbocycles. The zero-order valence-corrected chi connectivity index (χ0v) is 23.7. The lowest BCUT2D eigenvalue weighted by Gasteiger charge is -2.25. The van der Waals surface area contributed by atoms with Crippen LogP contribution in [0.2, 0.25) is 0 Å². The zero-order chi connectivity index (χ0) is 27.7. The molecule has 10 heteroatoms. The lowest BCUT2D eigenvalue weighted by Crippen LogP contribution is -2.44. The summed E-state index contributed by atoms with van der Waals surface area (Å²) in [5.74, 6) is -0.744. The topological polar surface area (TPSA) is 118 Å². The van der Waals surface area contributed by atoms with Gasteiger partial charge in [0.05, 0.1) is 0 Å². The van der Waals surface area contributed by atoms with Gasteiger partial charge in [-0.1, -0.05) is 24.8 Å². The molecule has 2 aliphatic rings. The Hall–Kier alpha value is -3.03. The van der Waals surface area contributed by atoms with Crippen molar-refractivity contribution < 1.29 is 14.4 Å². The summed E-state index contributed by atoms with van der Waals surface area (Å²) in [6.07, 6.45) is 4.15. The van der Waals surface area contributed by atoms with Crippen molar-refractivity contribution in [2.24, 2.45) is 0 Å². The number of rotatable bonds is 12. The molecule has 1 aromatic carbocycles. The summed E-state index contributed by atoms with van der Waals surface area (Å²) in [6, 6.07) is 9.21. The molecule has 206 valence electrons. The lowest BCUT2D eigenvalue weighted by atomic mass is 10.0. The van der Waals surface area contributed by atoms with E-state index >= 15 is 0 Å². The summed E-state index contributed by atoms with van der Waals surface area (Å²) in [5.41, 5.74) is 0.777. The van der Waals surface area contributed by atoms with E-state index in [9.17, 15) is 19.6 Å². The highest BCUT2D eigenvalue weighted by Crippen LogP contribution is 2.37. The second-order valence-corrected chi connectivity index (χ2v) is 11.5. The summed E-state index contributed by atoms with van der Waals surface area (Å²) < 4.78 is 0. The molecule has 2 saturated heterocycles. The van der Waals surface area contributed by atoms with Crippen molar-refractivity contribution in [2.75, 3.05) is 44.6 Å². The summed E-state index contributed by atoms with van der Waals surface area (Å²) in [5, 5.41) is 18.8. The van der Waals surface area contributed by atoms with Crippen LogP contribution in [0.4, 0.5) is 5.69 Å². The van der Waals surface area contributed by atoms with Gasteiger partial charge in [0.1, 0.15) is 21.9 Å². The summed E-state index contributed by atoms with van der Waals surface area (Å²) in [4.78, 5) is 42.5. The van der Waals surface area contributed by atoms with Crippen LogP contribution in [0.5, 0.6) is 0 Å². The van der Waals surface area contributed by atoms with E-state index in [0.29, 0.717) is 36.6 Å². The molecule has 0 radical (unpaired) electrons. The van der Waals surface area contributed by atoms with Crippen LogP contribution in [0.3, 0.4) is 0 Å². The minimum atomic E-state index is -0.497. The molecule has 9 nitrogen and oxygen atoms in total. The van der Waals surface area contributed by atoms with Gasteiger partial charge in [-0.3, -0.25) is 14.4 Å². The van der Waals surface area contributed by atoms with Crippen molar-refractivity contribution in [3.8, 4) is 6.07 Å². The average Bonchev–Trinajstić information content (AvgIpc) is 3.53. The number of hydrogen-bond donors (Lipinski definition) is 3. The van der Waals surface area contributed by atoms with E-state index in [2.05, 4.69) is 20.9 Å². The molecule has 0 spiro atoms. The Bertz CT molecular complexity index is 1090.